The van der Waals surface area contributed by atoms with Crippen LogP contribution in [0.15, 0.2) is 53.3 Å². The molecular weight excluding hydrogens is 510 g/mol. The van der Waals surface area contributed by atoms with Gasteiger partial charge in [-0.2, -0.15) is 0 Å². The number of aromatic nitrogens is 2. The highest BCUT2D eigenvalue weighted by molar-refractivity contribution is 9.10. The molecule has 2 N–H and O–H groups in total. The van der Waals surface area contributed by atoms with Crippen molar-refractivity contribution in [1.29, 1.82) is 0 Å². The van der Waals surface area contributed by atoms with Crippen LogP contribution >= 0.6 is 27.5 Å². The molecule has 0 atom stereocenters. The molecule has 0 saturated carbocycles. The number of benzene rings is 2. The van der Waals surface area contributed by atoms with E-state index in [1.54, 1.807) is 47.4 Å². The second-order valence-corrected chi connectivity index (χ2v) is 9.00. The van der Waals surface area contributed by atoms with Gasteiger partial charge in [-0.05, 0) is 37.4 Å². The monoisotopic (exact) mass is 529 g/mol. The highest BCUT2D eigenvalue weighted by atomic mass is 79.9. The van der Waals surface area contributed by atoms with Crippen LogP contribution in [0.3, 0.4) is 0 Å². The molecule has 2 aromatic carbocycles. The van der Waals surface area contributed by atoms with Crippen LogP contribution in [-0.4, -0.2) is 70.6 Å². The topological polar surface area (TPSA) is 98.4 Å². The number of amides is 2. The average Bonchev–Trinajstić information content (AvgIpc) is 3.30. The van der Waals surface area contributed by atoms with E-state index in [-0.39, 0.29) is 34.3 Å². The van der Waals surface area contributed by atoms with E-state index >= 15 is 0 Å². The summed E-state index contributed by atoms with van der Waals surface area (Å²) in [5.41, 5.74) is 0.951. The van der Waals surface area contributed by atoms with Crippen LogP contribution in [0.1, 0.15) is 36.9 Å². The van der Waals surface area contributed by atoms with E-state index in [0.717, 1.165) is 13.1 Å². The maximum absolute atomic E-state index is 13.2. The molecule has 33 heavy (non-hydrogen) atoms. The summed E-state index contributed by atoms with van der Waals surface area (Å²) in [6, 6.07) is 11.6. The van der Waals surface area contributed by atoms with Crippen LogP contribution in [-0.2, 0) is 0 Å². The number of halogens is 2. The number of likely N-dealkylation sites (N-methyl/N-ethyl adjacent to an activating group) is 1. The Labute approximate surface area is 204 Å². The van der Waals surface area contributed by atoms with Gasteiger partial charge in [0, 0.05) is 41.8 Å². The highest BCUT2D eigenvalue weighted by Gasteiger charge is 2.27. The summed E-state index contributed by atoms with van der Waals surface area (Å²) in [6.07, 6.45) is 1.32. The summed E-state index contributed by atoms with van der Waals surface area (Å²) in [5.74, 6) is -1.22. The van der Waals surface area contributed by atoms with Crippen molar-refractivity contribution in [3.05, 3.63) is 80.8 Å². The van der Waals surface area contributed by atoms with Crippen molar-refractivity contribution in [3.8, 4) is 0 Å². The van der Waals surface area contributed by atoms with Gasteiger partial charge in [-0.25, -0.2) is 4.98 Å². The molecule has 0 unspecified atom stereocenters. The second-order valence-electron chi connectivity index (χ2n) is 7.67. The van der Waals surface area contributed by atoms with E-state index in [1.165, 1.54) is 6.33 Å². The molecule has 1 aliphatic rings. The molecule has 8 nitrogen and oxygen atoms in total. The zero-order valence-electron chi connectivity index (χ0n) is 17.8. The standard InChI is InChI=1S/C23H21BrClN5O3/c1-29-8-10-30(11-9-29)23(33)20-19(26-13-27-20)22(32)28-18-7-6-14(24)12-16(18)21(31)15-4-2-3-5-17(15)25/h2-7,12-13H,8-11H2,1H3,(H,26,27)(H,28,32). The molecule has 3 aromatic rings. The molecule has 0 aliphatic carbocycles. The number of aromatic amines is 1. The van der Waals surface area contributed by atoms with Crippen LogP contribution in [0.25, 0.3) is 0 Å². The first kappa shape index (κ1) is 23.2. The van der Waals surface area contributed by atoms with Crippen molar-refractivity contribution < 1.29 is 14.4 Å². The second kappa shape index (κ2) is 9.86. The van der Waals surface area contributed by atoms with E-state index in [4.69, 9.17) is 11.6 Å². The number of carbonyl (C=O) groups is 3. The van der Waals surface area contributed by atoms with Crippen LogP contribution in [0, 0.1) is 0 Å². The fourth-order valence-corrected chi connectivity index (χ4v) is 4.17. The van der Waals surface area contributed by atoms with Crippen molar-refractivity contribution in [3.63, 3.8) is 0 Å². The van der Waals surface area contributed by atoms with Gasteiger partial charge in [0.15, 0.2) is 11.5 Å². The zero-order valence-corrected chi connectivity index (χ0v) is 20.1. The highest BCUT2D eigenvalue weighted by Crippen LogP contribution is 2.27. The van der Waals surface area contributed by atoms with E-state index in [0.29, 0.717) is 28.1 Å². The fourth-order valence-electron chi connectivity index (χ4n) is 3.58. The molecule has 4 rings (SSSR count). The predicted octanol–water partition coefficient (Wildman–Crippen LogP) is 3.70. The number of ketones is 1. The molecule has 0 radical (unpaired) electrons. The number of hydrogen-bond donors (Lipinski definition) is 2. The third kappa shape index (κ3) is 5.00. The van der Waals surface area contributed by atoms with Gasteiger partial charge in [-0.15, -0.1) is 0 Å². The number of carbonyl (C=O) groups excluding carboxylic acids is 3. The Bertz CT molecular complexity index is 1220. The average molecular weight is 531 g/mol. The van der Waals surface area contributed by atoms with Crippen molar-refractivity contribution in [2.75, 3.05) is 38.5 Å². The van der Waals surface area contributed by atoms with Gasteiger partial charge in [-0.1, -0.05) is 39.7 Å². The Kier molecular flexibility index (Phi) is 6.92. The minimum atomic E-state index is -0.593. The van der Waals surface area contributed by atoms with Gasteiger partial charge < -0.3 is 20.1 Å². The van der Waals surface area contributed by atoms with E-state index in [9.17, 15) is 14.4 Å². The quantitative estimate of drug-likeness (QED) is 0.490. The smallest absolute Gasteiger partial charge is 0.276 e. The molecule has 1 saturated heterocycles. The van der Waals surface area contributed by atoms with Gasteiger partial charge in [0.05, 0.1) is 17.0 Å². The van der Waals surface area contributed by atoms with Gasteiger partial charge in [0.1, 0.15) is 5.69 Å². The number of H-pyrrole nitrogens is 1. The Morgan fingerprint density at radius 2 is 1.79 bits per heavy atom. The summed E-state index contributed by atoms with van der Waals surface area (Å²) in [7, 11) is 2.00. The Hall–Kier alpha value is -3.01. The number of nitrogens with zero attached hydrogens (tertiary/aromatic N) is 3. The number of nitrogens with one attached hydrogen (secondary N) is 2. The first-order chi connectivity index (χ1) is 15.8. The largest absolute Gasteiger partial charge is 0.340 e. The van der Waals surface area contributed by atoms with Gasteiger partial charge in [0.2, 0.25) is 0 Å². The Balaban J connectivity index is 1.59. The zero-order chi connectivity index (χ0) is 23.5. The molecule has 2 amide bonds. The van der Waals surface area contributed by atoms with E-state index in [2.05, 4.69) is 36.1 Å². The van der Waals surface area contributed by atoms with Crippen molar-refractivity contribution in [1.82, 2.24) is 19.8 Å². The first-order valence-corrected chi connectivity index (χ1v) is 11.4. The molecule has 170 valence electrons. The minimum absolute atomic E-state index is 0.0296. The molecule has 0 bridgehead atoms. The third-order valence-electron chi connectivity index (χ3n) is 5.45. The molecule has 10 heteroatoms. The fraction of sp³-hybridized carbons (Fsp3) is 0.217. The number of rotatable bonds is 5. The third-order valence-corrected chi connectivity index (χ3v) is 6.27. The minimum Gasteiger partial charge on any atom is -0.340 e. The van der Waals surface area contributed by atoms with Crippen molar-refractivity contribution in [2.24, 2.45) is 0 Å². The summed E-state index contributed by atoms with van der Waals surface area (Å²) >= 11 is 9.58. The van der Waals surface area contributed by atoms with Crippen molar-refractivity contribution >= 4 is 50.8 Å². The number of imidazole rings is 1. The lowest BCUT2D eigenvalue weighted by Crippen LogP contribution is -2.47. The molecular formula is C23H21BrClN5O3. The number of hydrogen-bond acceptors (Lipinski definition) is 5. The number of piperazine rings is 1. The lowest BCUT2D eigenvalue weighted by molar-refractivity contribution is 0.0655. The van der Waals surface area contributed by atoms with Gasteiger partial charge in [0.25, 0.3) is 11.8 Å². The maximum atomic E-state index is 13.2. The van der Waals surface area contributed by atoms with Gasteiger partial charge >= 0.3 is 0 Å². The lowest BCUT2D eigenvalue weighted by Gasteiger charge is -2.32. The first-order valence-electron chi connectivity index (χ1n) is 10.3. The van der Waals surface area contributed by atoms with E-state index in [1.807, 2.05) is 7.05 Å². The summed E-state index contributed by atoms with van der Waals surface area (Å²) in [5, 5.41) is 3.04. The van der Waals surface area contributed by atoms with E-state index < -0.39 is 5.91 Å². The molecule has 1 aromatic heterocycles. The maximum Gasteiger partial charge on any atom is 0.276 e. The SMILES string of the molecule is CN1CCN(C(=O)c2[nH]cnc2C(=O)Nc2ccc(Br)cc2C(=O)c2ccccc2Cl)CC1. The summed E-state index contributed by atoms with van der Waals surface area (Å²) < 4.78 is 0.668. The van der Waals surface area contributed by atoms with Gasteiger partial charge in [-0.3, -0.25) is 14.4 Å². The predicted molar refractivity (Wildman–Crippen MR) is 129 cm³/mol. The lowest BCUT2D eigenvalue weighted by atomic mass is 10.0. The van der Waals surface area contributed by atoms with Crippen LogP contribution in [0.5, 0.6) is 0 Å². The molecule has 2 heterocycles. The Morgan fingerprint density at radius 3 is 2.52 bits per heavy atom. The van der Waals surface area contributed by atoms with Crippen molar-refractivity contribution in [2.45, 2.75) is 0 Å². The molecule has 1 fully saturated rings. The molecule has 1 aliphatic heterocycles. The van der Waals surface area contributed by atoms with Crippen LogP contribution in [0.2, 0.25) is 5.02 Å². The summed E-state index contributed by atoms with van der Waals surface area (Å²) in [4.78, 5) is 49.9. The summed E-state index contributed by atoms with van der Waals surface area (Å²) in [6.45, 7) is 2.65. The normalized spacial score (nSPS) is 14.2. The van der Waals surface area contributed by atoms with Crippen LogP contribution in [0.4, 0.5) is 5.69 Å². The Morgan fingerprint density at radius 1 is 1.06 bits per heavy atom. The number of anilines is 1. The molecule has 0 spiro atoms. The van der Waals surface area contributed by atoms with Crippen LogP contribution < -0.4 is 5.32 Å².